The summed E-state index contributed by atoms with van der Waals surface area (Å²) in [6.07, 6.45) is 1.27. The second-order valence-corrected chi connectivity index (χ2v) is 7.57. The fourth-order valence-electron chi connectivity index (χ4n) is 3.42. The molecule has 0 saturated heterocycles. The Morgan fingerprint density at radius 2 is 1.86 bits per heavy atom. The summed E-state index contributed by atoms with van der Waals surface area (Å²) in [5.74, 6) is 0.0697. The van der Waals surface area contributed by atoms with Gasteiger partial charge >= 0.3 is 12.2 Å². The molecule has 0 atom stereocenters. The molecule has 1 aromatic carbocycles. The molecule has 0 N–H and O–H groups in total. The maximum Gasteiger partial charge on any atom is 0.421 e. The van der Waals surface area contributed by atoms with Gasteiger partial charge in [0.05, 0.1) is 0 Å². The van der Waals surface area contributed by atoms with E-state index in [9.17, 15) is 13.2 Å². The van der Waals surface area contributed by atoms with E-state index in [1.54, 1.807) is 13.1 Å². The molecular weight excluding hydrogens is 367 g/mol. The molecule has 1 saturated carbocycles. The first-order chi connectivity index (χ1) is 13.3. The molecule has 7 heteroatoms. The molecule has 0 spiro atoms. The van der Waals surface area contributed by atoms with Gasteiger partial charge in [-0.15, -0.1) is 0 Å². The lowest BCUT2D eigenvalue weighted by Gasteiger charge is -2.25. The van der Waals surface area contributed by atoms with Crippen LogP contribution >= 0.6 is 0 Å². The Hall–Kier alpha value is -2.31. The van der Waals surface area contributed by atoms with Gasteiger partial charge in [0, 0.05) is 18.9 Å². The number of rotatable bonds is 5. The quantitative estimate of drug-likeness (QED) is 0.615. The predicted octanol–water partition coefficient (Wildman–Crippen LogP) is 6.10. The molecule has 0 bridgehead atoms. The molecule has 2 aromatic rings. The fourth-order valence-corrected chi connectivity index (χ4v) is 3.42. The smallest absolute Gasteiger partial charge is 0.421 e. The van der Waals surface area contributed by atoms with E-state index in [4.69, 9.17) is 4.74 Å². The van der Waals surface area contributed by atoms with Crippen molar-refractivity contribution in [3.8, 4) is 6.01 Å². The number of ether oxygens (including phenoxy) is 1. The van der Waals surface area contributed by atoms with Crippen LogP contribution in [0.15, 0.2) is 30.5 Å². The first-order valence-electron chi connectivity index (χ1n) is 9.70. The van der Waals surface area contributed by atoms with E-state index in [0.717, 1.165) is 43.9 Å². The number of benzene rings is 1. The number of halogens is 3. The second-order valence-electron chi connectivity index (χ2n) is 7.57. The van der Waals surface area contributed by atoms with Crippen molar-refractivity contribution in [2.45, 2.75) is 64.1 Å². The van der Waals surface area contributed by atoms with Crippen LogP contribution in [0, 0.1) is 0 Å². The minimum atomic E-state index is -4.55. The van der Waals surface area contributed by atoms with Crippen LogP contribution in [0.25, 0.3) is 0 Å². The molecule has 0 amide bonds. The van der Waals surface area contributed by atoms with Gasteiger partial charge in [0.15, 0.2) is 5.82 Å². The highest BCUT2D eigenvalue weighted by molar-refractivity contribution is 5.63. The lowest BCUT2D eigenvalue weighted by Crippen LogP contribution is -2.23. The number of aromatic nitrogens is 2. The third kappa shape index (κ3) is 4.75. The van der Waals surface area contributed by atoms with E-state index in [2.05, 4.69) is 9.97 Å². The second kappa shape index (κ2) is 8.37. The normalized spacial score (nSPS) is 15.7. The molecular formula is C21H26F3N3O. The van der Waals surface area contributed by atoms with Crippen LogP contribution in [-0.2, 0) is 6.18 Å². The number of hydrogen-bond acceptors (Lipinski definition) is 4. The first kappa shape index (κ1) is 20.4. The Morgan fingerprint density at radius 3 is 2.50 bits per heavy atom. The summed E-state index contributed by atoms with van der Waals surface area (Å²) in [7, 11) is 1.58. The molecule has 1 aliphatic rings. The Morgan fingerprint density at radius 1 is 1.14 bits per heavy atom. The van der Waals surface area contributed by atoms with Crippen molar-refractivity contribution in [1.29, 1.82) is 0 Å². The van der Waals surface area contributed by atoms with Gasteiger partial charge in [-0.3, -0.25) is 0 Å². The molecule has 0 unspecified atom stereocenters. The zero-order valence-corrected chi connectivity index (χ0v) is 16.5. The molecule has 3 rings (SSSR count). The monoisotopic (exact) mass is 393 g/mol. The minimum absolute atomic E-state index is 0.00163. The largest absolute Gasteiger partial charge is 0.460 e. The third-order valence-corrected chi connectivity index (χ3v) is 5.12. The SMILES string of the molecule is CC(C)c1cccc(N(C)c2nc(OC3CCCCC3)ncc2C(F)(F)F)c1. The summed E-state index contributed by atoms with van der Waals surface area (Å²) in [6.45, 7) is 4.09. The average molecular weight is 393 g/mol. The first-order valence-corrected chi connectivity index (χ1v) is 9.70. The molecule has 0 radical (unpaired) electrons. The van der Waals surface area contributed by atoms with Crippen LogP contribution in [-0.4, -0.2) is 23.1 Å². The average Bonchev–Trinajstić information content (AvgIpc) is 2.67. The topological polar surface area (TPSA) is 38.2 Å². The van der Waals surface area contributed by atoms with Gasteiger partial charge in [-0.2, -0.15) is 18.2 Å². The third-order valence-electron chi connectivity index (χ3n) is 5.12. The number of hydrogen-bond donors (Lipinski definition) is 0. The van der Waals surface area contributed by atoms with E-state index >= 15 is 0 Å². The minimum Gasteiger partial charge on any atom is -0.460 e. The summed E-state index contributed by atoms with van der Waals surface area (Å²) in [5.41, 5.74) is 0.811. The van der Waals surface area contributed by atoms with E-state index in [0.29, 0.717) is 5.69 Å². The highest BCUT2D eigenvalue weighted by Gasteiger charge is 2.37. The molecule has 1 aromatic heterocycles. The van der Waals surface area contributed by atoms with E-state index in [-0.39, 0.29) is 23.9 Å². The Kier molecular flexibility index (Phi) is 6.10. The maximum atomic E-state index is 13.6. The molecule has 1 aliphatic carbocycles. The van der Waals surface area contributed by atoms with Crippen LogP contribution in [0.3, 0.4) is 0 Å². The van der Waals surface area contributed by atoms with Gasteiger partial charge in [0.1, 0.15) is 11.7 Å². The van der Waals surface area contributed by atoms with Gasteiger partial charge in [0.25, 0.3) is 0 Å². The van der Waals surface area contributed by atoms with Crippen LogP contribution in [0.5, 0.6) is 6.01 Å². The summed E-state index contributed by atoms with van der Waals surface area (Å²) >= 11 is 0. The highest BCUT2D eigenvalue weighted by atomic mass is 19.4. The van der Waals surface area contributed by atoms with Gasteiger partial charge in [-0.25, -0.2) is 4.98 Å². The lowest BCUT2D eigenvalue weighted by molar-refractivity contribution is -0.137. The number of anilines is 2. The van der Waals surface area contributed by atoms with E-state index in [1.807, 2.05) is 32.0 Å². The van der Waals surface area contributed by atoms with Crippen LogP contribution in [0.4, 0.5) is 24.7 Å². The zero-order chi connectivity index (χ0) is 20.3. The van der Waals surface area contributed by atoms with E-state index in [1.165, 1.54) is 4.90 Å². The fraction of sp³-hybridized carbons (Fsp3) is 0.524. The van der Waals surface area contributed by atoms with E-state index < -0.39 is 11.7 Å². The predicted molar refractivity (Wildman–Crippen MR) is 103 cm³/mol. The summed E-state index contributed by atoms with van der Waals surface area (Å²) < 4.78 is 46.5. The van der Waals surface area contributed by atoms with Crippen LogP contribution < -0.4 is 9.64 Å². The van der Waals surface area contributed by atoms with Crippen molar-refractivity contribution in [3.05, 3.63) is 41.6 Å². The van der Waals surface area contributed by atoms with Gasteiger partial charge in [-0.1, -0.05) is 32.4 Å². The number of nitrogens with zero attached hydrogens (tertiary/aromatic N) is 3. The Bertz CT molecular complexity index is 802. The van der Waals surface area contributed by atoms with Crippen molar-refractivity contribution < 1.29 is 17.9 Å². The summed E-state index contributed by atoms with van der Waals surface area (Å²) in [5, 5.41) is 0. The van der Waals surface area contributed by atoms with Crippen molar-refractivity contribution in [2.75, 3.05) is 11.9 Å². The van der Waals surface area contributed by atoms with Gasteiger partial charge < -0.3 is 9.64 Å². The van der Waals surface area contributed by atoms with Crippen molar-refractivity contribution in [3.63, 3.8) is 0 Å². The number of alkyl halides is 3. The summed E-state index contributed by atoms with van der Waals surface area (Å²) in [6, 6.07) is 7.46. The van der Waals surface area contributed by atoms with Crippen LogP contribution in [0.2, 0.25) is 0 Å². The lowest BCUT2D eigenvalue weighted by atomic mass is 9.98. The summed E-state index contributed by atoms with van der Waals surface area (Å²) in [4.78, 5) is 9.45. The molecule has 152 valence electrons. The maximum absolute atomic E-state index is 13.6. The van der Waals surface area contributed by atoms with Crippen molar-refractivity contribution in [2.24, 2.45) is 0 Å². The Labute approximate surface area is 163 Å². The standard InChI is InChI=1S/C21H26F3N3O/c1-14(2)15-8-7-9-16(12-15)27(3)19-18(21(22,23)24)13-25-20(26-19)28-17-10-5-4-6-11-17/h7-9,12-14,17H,4-6,10-11H2,1-3H3. The molecule has 28 heavy (non-hydrogen) atoms. The van der Waals surface area contributed by atoms with Crippen molar-refractivity contribution in [1.82, 2.24) is 9.97 Å². The molecule has 1 heterocycles. The molecule has 4 nitrogen and oxygen atoms in total. The van der Waals surface area contributed by atoms with Crippen LogP contribution in [0.1, 0.15) is 63.0 Å². The molecule has 1 fully saturated rings. The van der Waals surface area contributed by atoms with Gasteiger partial charge in [-0.05, 0) is 49.3 Å². The molecule has 0 aliphatic heterocycles. The van der Waals surface area contributed by atoms with Gasteiger partial charge in [0.2, 0.25) is 0 Å². The van der Waals surface area contributed by atoms with Crippen molar-refractivity contribution >= 4 is 11.5 Å². The highest BCUT2D eigenvalue weighted by Crippen LogP contribution is 2.38. The Balaban J connectivity index is 1.95. The zero-order valence-electron chi connectivity index (χ0n) is 16.5.